The van der Waals surface area contributed by atoms with Crippen molar-refractivity contribution in [1.29, 1.82) is 0 Å². The fourth-order valence-corrected chi connectivity index (χ4v) is 2.98. The Morgan fingerprint density at radius 2 is 2.25 bits per heavy atom. The third-order valence-electron chi connectivity index (χ3n) is 3.13. The minimum atomic E-state index is -0.00382. The Labute approximate surface area is 129 Å². The number of aryl methyl sites for hydroxylation is 1. The highest BCUT2D eigenvalue weighted by atomic mass is 79.9. The molecule has 20 heavy (non-hydrogen) atoms. The standard InChI is InChI=1S/C14H14BrN3OS/c1-8-2-3-9(13(19)16-10-4-5-10)6-11(8)17-14-18-12(15)7-20-14/h2-3,6-7,10H,4-5H2,1H3,(H,16,19)(H,17,18). The lowest BCUT2D eigenvalue weighted by Gasteiger charge is -2.09. The summed E-state index contributed by atoms with van der Waals surface area (Å²) in [5, 5.41) is 8.98. The van der Waals surface area contributed by atoms with Crippen molar-refractivity contribution in [2.24, 2.45) is 0 Å². The predicted molar refractivity (Wildman–Crippen MR) is 84.8 cm³/mol. The van der Waals surface area contributed by atoms with Crippen LogP contribution < -0.4 is 10.6 Å². The maximum Gasteiger partial charge on any atom is 0.251 e. The molecular formula is C14H14BrN3OS. The Morgan fingerprint density at radius 1 is 1.45 bits per heavy atom. The molecule has 1 amide bonds. The van der Waals surface area contributed by atoms with Crippen LogP contribution in [0, 0.1) is 6.92 Å². The van der Waals surface area contributed by atoms with Crippen LogP contribution in [0.25, 0.3) is 0 Å². The van der Waals surface area contributed by atoms with Crippen LogP contribution in [0.1, 0.15) is 28.8 Å². The molecule has 0 aliphatic heterocycles. The Bertz CT molecular complexity index is 652. The number of thiazole rings is 1. The Kier molecular flexibility index (Phi) is 3.76. The fourth-order valence-electron chi connectivity index (χ4n) is 1.82. The van der Waals surface area contributed by atoms with E-state index in [1.807, 2.05) is 30.5 Å². The highest BCUT2D eigenvalue weighted by molar-refractivity contribution is 9.10. The third kappa shape index (κ3) is 3.19. The normalized spacial score (nSPS) is 14.1. The van der Waals surface area contributed by atoms with E-state index in [-0.39, 0.29) is 5.91 Å². The van der Waals surface area contributed by atoms with Gasteiger partial charge in [0.25, 0.3) is 5.91 Å². The molecule has 4 nitrogen and oxygen atoms in total. The summed E-state index contributed by atoms with van der Waals surface area (Å²) in [6.45, 7) is 2.01. The van der Waals surface area contributed by atoms with Crippen LogP contribution in [0.5, 0.6) is 0 Å². The summed E-state index contributed by atoms with van der Waals surface area (Å²) in [7, 11) is 0. The van der Waals surface area contributed by atoms with Crippen LogP contribution in [0.4, 0.5) is 10.8 Å². The van der Waals surface area contributed by atoms with Gasteiger partial charge in [-0.25, -0.2) is 4.98 Å². The van der Waals surface area contributed by atoms with Gasteiger partial charge in [-0.1, -0.05) is 6.07 Å². The minimum Gasteiger partial charge on any atom is -0.349 e. The molecule has 0 saturated heterocycles. The first-order valence-electron chi connectivity index (χ1n) is 6.41. The van der Waals surface area contributed by atoms with Crippen molar-refractivity contribution in [2.75, 3.05) is 5.32 Å². The van der Waals surface area contributed by atoms with E-state index in [0.717, 1.165) is 33.8 Å². The molecule has 6 heteroatoms. The molecule has 104 valence electrons. The lowest BCUT2D eigenvalue weighted by atomic mass is 10.1. The smallest absolute Gasteiger partial charge is 0.251 e. The lowest BCUT2D eigenvalue weighted by molar-refractivity contribution is 0.0951. The summed E-state index contributed by atoms with van der Waals surface area (Å²) in [5.41, 5.74) is 2.68. The SMILES string of the molecule is Cc1ccc(C(=O)NC2CC2)cc1Nc1nc(Br)cs1. The van der Waals surface area contributed by atoms with E-state index < -0.39 is 0 Å². The van der Waals surface area contributed by atoms with Crippen LogP contribution in [-0.2, 0) is 0 Å². The van der Waals surface area contributed by atoms with E-state index in [4.69, 9.17) is 0 Å². The number of carbonyl (C=O) groups is 1. The second kappa shape index (κ2) is 5.54. The van der Waals surface area contributed by atoms with Crippen molar-refractivity contribution >= 4 is 44.0 Å². The van der Waals surface area contributed by atoms with Gasteiger partial charge in [0.05, 0.1) is 0 Å². The van der Waals surface area contributed by atoms with Gasteiger partial charge in [0.1, 0.15) is 4.60 Å². The monoisotopic (exact) mass is 351 g/mol. The highest BCUT2D eigenvalue weighted by Gasteiger charge is 2.23. The van der Waals surface area contributed by atoms with Gasteiger partial charge >= 0.3 is 0 Å². The molecule has 1 aliphatic rings. The van der Waals surface area contributed by atoms with E-state index in [0.29, 0.717) is 11.6 Å². The van der Waals surface area contributed by atoms with Crippen molar-refractivity contribution in [2.45, 2.75) is 25.8 Å². The third-order valence-corrected chi connectivity index (χ3v) is 4.60. The molecule has 1 heterocycles. The van der Waals surface area contributed by atoms with E-state index in [1.165, 1.54) is 11.3 Å². The van der Waals surface area contributed by atoms with Gasteiger partial charge in [0.15, 0.2) is 5.13 Å². The quantitative estimate of drug-likeness (QED) is 0.879. The molecule has 1 aliphatic carbocycles. The average Bonchev–Trinajstić information content (AvgIpc) is 3.13. The fraction of sp³-hybridized carbons (Fsp3) is 0.286. The summed E-state index contributed by atoms with van der Waals surface area (Å²) in [4.78, 5) is 16.4. The number of benzene rings is 1. The largest absolute Gasteiger partial charge is 0.349 e. The van der Waals surface area contributed by atoms with Gasteiger partial charge in [-0.15, -0.1) is 11.3 Å². The molecule has 2 N–H and O–H groups in total. The van der Waals surface area contributed by atoms with E-state index in [2.05, 4.69) is 31.5 Å². The molecular weight excluding hydrogens is 338 g/mol. The van der Waals surface area contributed by atoms with Gasteiger partial charge in [-0.05, 0) is 53.4 Å². The maximum absolute atomic E-state index is 12.1. The topological polar surface area (TPSA) is 54.0 Å². The number of amides is 1. The molecule has 1 fully saturated rings. The second-order valence-corrected chi connectivity index (χ2v) is 6.55. The first-order valence-corrected chi connectivity index (χ1v) is 8.08. The summed E-state index contributed by atoms with van der Waals surface area (Å²) in [6, 6.07) is 6.06. The molecule has 1 saturated carbocycles. The number of halogens is 1. The van der Waals surface area contributed by atoms with Crippen molar-refractivity contribution in [3.63, 3.8) is 0 Å². The number of hydrogen-bond donors (Lipinski definition) is 2. The summed E-state index contributed by atoms with van der Waals surface area (Å²) < 4.78 is 0.810. The molecule has 0 spiro atoms. The number of hydrogen-bond acceptors (Lipinski definition) is 4. The molecule has 0 radical (unpaired) electrons. The molecule has 1 aromatic heterocycles. The molecule has 1 aromatic carbocycles. The van der Waals surface area contributed by atoms with Gasteiger partial charge in [-0.3, -0.25) is 4.79 Å². The van der Waals surface area contributed by atoms with Crippen LogP contribution in [0.15, 0.2) is 28.2 Å². The number of rotatable bonds is 4. The van der Waals surface area contributed by atoms with Gasteiger partial charge in [0, 0.05) is 22.7 Å². The van der Waals surface area contributed by atoms with Crippen LogP contribution in [0.2, 0.25) is 0 Å². The van der Waals surface area contributed by atoms with Crippen LogP contribution in [0.3, 0.4) is 0 Å². The van der Waals surface area contributed by atoms with Crippen LogP contribution in [-0.4, -0.2) is 16.9 Å². The average molecular weight is 352 g/mol. The zero-order chi connectivity index (χ0) is 14.1. The van der Waals surface area contributed by atoms with Gasteiger partial charge < -0.3 is 10.6 Å². The first kappa shape index (κ1) is 13.6. The Morgan fingerprint density at radius 3 is 2.90 bits per heavy atom. The maximum atomic E-state index is 12.1. The number of carbonyl (C=O) groups excluding carboxylic acids is 1. The lowest BCUT2D eigenvalue weighted by Crippen LogP contribution is -2.25. The van der Waals surface area contributed by atoms with Gasteiger partial charge in [0.2, 0.25) is 0 Å². The van der Waals surface area contributed by atoms with Crippen molar-refractivity contribution in [3.05, 3.63) is 39.3 Å². The van der Waals surface area contributed by atoms with Gasteiger partial charge in [-0.2, -0.15) is 0 Å². The predicted octanol–water partition coefficient (Wildman–Crippen LogP) is 3.85. The van der Waals surface area contributed by atoms with E-state index >= 15 is 0 Å². The minimum absolute atomic E-state index is 0.00382. The summed E-state index contributed by atoms with van der Waals surface area (Å²) >= 11 is 4.85. The molecule has 3 rings (SSSR count). The number of aromatic nitrogens is 1. The Balaban J connectivity index is 1.80. The molecule has 0 atom stereocenters. The number of nitrogens with one attached hydrogen (secondary N) is 2. The van der Waals surface area contributed by atoms with Crippen molar-refractivity contribution in [1.82, 2.24) is 10.3 Å². The summed E-state index contributed by atoms with van der Waals surface area (Å²) in [5.74, 6) is -0.00382. The second-order valence-electron chi connectivity index (χ2n) is 4.88. The molecule has 2 aromatic rings. The van der Waals surface area contributed by atoms with Crippen molar-refractivity contribution < 1.29 is 4.79 Å². The number of anilines is 2. The van der Waals surface area contributed by atoms with Crippen molar-refractivity contribution in [3.8, 4) is 0 Å². The highest BCUT2D eigenvalue weighted by Crippen LogP contribution is 2.26. The molecule has 0 unspecified atom stereocenters. The van der Waals surface area contributed by atoms with E-state index in [1.54, 1.807) is 0 Å². The summed E-state index contributed by atoms with van der Waals surface area (Å²) in [6.07, 6.45) is 2.19. The zero-order valence-electron chi connectivity index (χ0n) is 10.9. The zero-order valence-corrected chi connectivity index (χ0v) is 13.3. The Hall–Kier alpha value is -1.40. The molecule has 0 bridgehead atoms. The first-order chi connectivity index (χ1) is 9.61. The number of nitrogens with zero attached hydrogens (tertiary/aromatic N) is 1. The van der Waals surface area contributed by atoms with E-state index in [9.17, 15) is 4.79 Å². The van der Waals surface area contributed by atoms with Crippen LogP contribution >= 0.6 is 27.3 Å².